The van der Waals surface area contributed by atoms with E-state index in [1.54, 1.807) is 31.2 Å². The SMILES string of the molecule is CCc1ccc(N2C(=O)C3CC=C4C(c5cc(OC)ccc5O)C5=C(CC4C3C2=O)C(=O)C(C)=CC5=O)cc1. The maximum Gasteiger partial charge on any atom is 0.238 e. The fourth-order valence-electron chi connectivity index (χ4n) is 6.76. The van der Waals surface area contributed by atoms with Crippen molar-refractivity contribution in [1.82, 2.24) is 0 Å². The molecule has 1 saturated heterocycles. The molecule has 0 aromatic heterocycles. The Balaban J connectivity index is 1.48. The number of carbonyl (C=O) groups is 4. The van der Waals surface area contributed by atoms with Crippen molar-refractivity contribution in [2.24, 2.45) is 17.8 Å². The van der Waals surface area contributed by atoms with Crippen molar-refractivity contribution in [1.29, 1.82) is 0 Å². The fourth-order valence-corrected chi connectivity index (χ4v) is 6.76. The van der Waals surface area contributed by atoms with Gasteiger partial charge in [-0.1, -0.05) is 30.7 Å². The Morgan fingerprint density at radius 1 is 1.00 bits per heavy atom. The zero-order valence-corrected chi connectivity index (χ0v) is 22.1. The summed E-state index contributed by atoms with van der Waals surface area (Å²) in [6.45, 7) is 3.66. The van der Waals surface area contributed by atoms with Crippen LogP contribution in [0.2, 0.25) is 0 Å². The van der Waals surface area contributed by atoms with Gasteiger partial charge in [-0.25, -0.2) is 0 Å². The highest BCUT2D eigenvalue weighted by Gasteiger charge is 2.56. The normalized spacial score (nSPS) is 26.2. The Bertz CT molecular complexity index is 1540. The predicted octanol–water partition coefficient (Wildman–Crippen LogP) is 4.60. The first-order chi connectivity index (χ1) is 18.7. The summed E-state index contributed by atoms with van der Waals surface area (Å²) in [6.07, 6.45) is 4.67. The second kappa shape index (κ2) is 9.19. The van der Waals surface area contributed by atoms with Gasteiger partial charge >= 0.3 is 0 Å². The first-order valence-electron chi connectivity index (χ1n) is 13.3. The van der Waals surface area contributed by atoms with E-state index in [-0.39, 0.29) is 35.6 Å². The highest BCUT2D eigenvalue weighted by Crippen LogP contribution is 2.56. The monoisotopic (exact) mass is 523 g/mol. The number of hydrogen-bond donors (Lipinski definition) is 1. The van der Waals surface area contributed by atoms with Crippen molar-refractivity contribution in [2.75, 3.05) is 12.0 Å². The number of Topliss-reactive ketones (excluding diaryl/α,β-unsaturated/α-hetero) is 1. The largest absolute Gasteiger partial charge is 0.508 e. The van der Waals surface area contributed by atoms with E-state index in [1.165, 1.54) is 24.2 Å². The molecule has 7 nitrogen and oxygen atoms in total. The molecule has 0 saturated carbocycles. The maximum absolute atomic E-state index is 14.0. The minimum atomic E-state index is -0.726. The number of aryl methyl sites for hydroxylation is 1. The number of methoxy groups -OCH3 is 1. The first kappa shape index (κ1) is 25.0. The van der Waals surface area contributed by atoms with Crippen LogP contribution in [0.3, 0.4) is 0 Å². The third-order valence-electron chi connectivity index (χ3n) is 8.71. The van der Waals surface area contributed by atoms with Crippen molar-refractivity contribution in [3.05, 3.63) is 88.0 Å². The van der Waals surface area contributed by atoms with Gasteiger partial charge in [-0.3, -0.25) is 24.1 Å². The van der Waals surface area contributed by atoms with Crippen LogP contribution in [0.1, 0.15) is 43.7 Å². The summed E-state index contributed by atoms with van der Waals surface area (Å²) < 4.78 is 5.40. The molecule has 1 heterocycles. The number of carbonyl (C=O) groups excluding carboxylic acids is 4. The molecule has 4 atom stereocenters. The smallest absolute Gasteiger partial charge is 0.238 e. The van der Waals surface area contributed by atoms with E-state index in [0.29, 0.717) is 40.1 Å². The molecule has 3 aliphatic carbocycles. The van der Waals surface area contributed by atoms with Crippen LogP contribution in [0.4, 0.5) is 5.69 Å². The average molecular weight is 524 g/mol. The molecule has 1 aliphatic heterocycles. The minimum absolute atomic E-state index is 0.0330. The van der Waals surface area contributed by atoms with Crippen LogP contribution in [0.15, 0.2) is 76.9 Å². The minimum Gasteiger partial charge on any atom is -0.508 e. The number of amides is 2. The lowest BCUT2D eigenvalue weighted by Crippen LogP contribution is -2.39. The van der Waals surface area contributed by atoms with Crippen LogP contribution < -0.4 is 9.64 Å². The van der Waals surface area contributed by atoms with Crippen molar-refractivity contribution in [3.8, 4) is 11.5 Å². The zero-order valence-electron chi connectivity index (χ0n) is 22.1. The summed E-state index contributed by atoms with van der Waals surface area (Å²) >= 11 is 0. The number of rotatable bonds is 4. The average Bonchev–Trinajstić information content (AvgIpc) is 3.20. The lowest BCUT2D eigenvalue weighted by atomic mass is 9.59. The quantitative estimate of drug-likeness (QED) is 0.357. The van der Waals surface area contributed by atoms with Crippen LogP contribution in [-0.2, 0) is 25.6 Å². The van der Waals surface area contributed by atoms with Crippen LogP contribution in [0.25, 0.3) is 0 Å². The Kier molecular flexibility index (Phi) is 5.90. The molecule has 2 amide bonds. The Labute approximate surface area is 226 Å². The number of ketones is 2. The van der Waals surface area contributed by atoms with Crippen molar-refractivity contribution >= 4 is 29.1 Å². The summed E-state index contributed by atoms with van der Waals surface area (Å²) in [5.41, 5.74) is 3.92. The number of anilines is 1. The predicted molar refractivity (Wildman–Crippen MR) is 144 cm³/mol. The summed E-state index contributed by atoms with van der Waals surface area (Å²) in [5, 5.41) is 10.9. The summed E-state index contributed by atoms with van der Waals surface area (Å²) in [7, 11) is 1.51. The molecule has 0 radical (unpaired) electrons. The van der Waals surface area contributed by atoms with Gasteiger partial charge in [0.15, 0.2) is 11.6 Å². The molecule has 1 N–H and O–H groups in total. The molecule has 39 heavy (non-hydrogen) atoms. The molecule has 1 fully saturated rings. The lowest BCUT2D eigenvalue weighted by molar-refractivity contribution is -0.123. The number of benzene rings is 2. The zero-order chi connectivity index (χ0) is 27.6. The van der Waals surface area contributed by atoms with Gasteiger partial charge in [0.05, 0.1) is 24.6 Å². The second-order valence-electron chi connectivity index (χ2n) is 10.7. The molecule has 6 rings (SSSR count). The molecular formula is C32H29NO6. The molecule has 2 aromatic rings. The Morgan fingerprint density at radius 2 is 1.74 bits per heavy atom. The summed E-state index contributed by atoms with van der Waals surface area (Å²) in [5.74, 6) is -2.98. The summed E-state index contributed by atoms with van der Waals surface area (Å²) in [6, 6.07) is 12.2. The molecule has 0 bridgehead atoms. The standard InChI is InChI=1S/C32H29NO6/c1-4-17-5-7-18(8-6-17)33-31(37)21-11-10-20-22(28(21)32(33)38)15-24-29(26(35)13-16(2)30(24)36)27(20)23-14-19(39-3)9-12-25(23)34/h5-10,12-14,21-22,27-28,34H,4,11,15H2,1-3H3. The topological polar surface area (TPSA) is 101 Å². The van der Waals surface area contributed by atoms with Crippen molar-refractivity contribution in [3.63, 3.8) is 0 Å². The molecular weight excluding hydrogens is 494 g/mol. The number of allylic oxidation sites excluding steroid dienone is 6. The summed E-state index contributed by atoms with van der Waals surface area (Å²) in [4.78, 5) is 55.6. The molecule has 0 spiro atoms. The molecule has 198 valence electrons. The third-order valence-corrected chi connectivity index (χ3v) is 8.71. The lowest BCUT2D eigenvalue weighted by Gasteiger charge is -2.42. The van der Waals surface area contributed by atoms with E-state index in [4.69, 9.17) is 4.74 Å². The maximum atomic E-state index is 14.0. The Morgan fingerprint density at radius 3 is 2.44 bits per heavy atom. The van der Waals surface area contributed by atoms with Gasteiger partial charge in [-0.2, -0.15) is 0 Å². The molecule has 7 heteroatoms. The number of imide groups is 1. The van der Waals surface area contributed by atoms with Gasteiger partial charge in [-0.15, -0.1) is 0 Å². The number of aromatic hydroxyl groups is 1. The molecule has 4 unspecified atom stereocenters. The van der Waals surface area contributed by atoms with E-state index >= 15 is 0 Å². The van der Waals surface area contributed by atoms with E-state index in [1.807, 2.05) is 25.1 Å². The highest BCUT2D eigenvalue weighted by molar-refractivity contribution is 6.25. The van der Waals surface area contributed by atoms with Crippen LogP contribution >= 0.6 is 0 Å². The van der Waals surface area contributed by atoms with Crippen molar-refractivity contribution < 1.29 is 29.0 Å². The molecule has 4 aliphatic rings. The second-order valence-corrected chi connectivity index (χ2v) is 10.7. The van der Waals surface area contributed by atoms with Gasteiger partial charge in [-0.05, 0) is 74.1 Å². The fraction of sp³-hybridized carbons (Fsp3) is 0.312. The van der Waals surface area contributed by atoms with Crippen LogP contribution in [0.5, 0.6) is 11.5 Å². The number of hydrogen-bond acceptors (Lipinski definition) is 6. The van der Waals surface area contributed by atoms with E-state index in [2.05, 4.69) is 0 Å². The van der Waals surface area contributed by atoms with Gasteiger partial charge in [0, 0.05) is 28.2 Å². The Hall–Kier alpha value is -4.26. The highest BCUT2D eigenvalue weighted by atomic mass is 16.5. The van der Waals surface area contributed by atoms with Gasteiger partial charge in [0.25, 0.3) is 0 Å². The number of ether oxygens (including phenoxy) is 1. The van der Waals surface area contributed by atoms with Crippen molar-refractivity contribution in [2.45, 2.75) is 39.0 Å². The number of nitrogens with zero attached hydrogens (tertiary/aromatic N) is 1. The first-order valence-corrected chi connectivity index (χ1v) is 13.3. The van der Waals surface area contributed by atoms with E-state index in [0.717, 1.165) is 17.6 Å². The van der Waals surface area contributed by atoms with Gasteiger partial charge < -0.3 is 9.84 Å². The van der Waals surface area contributed by atoms with E-state index < -0.39 is 23.7 Å². The van der Waals surface area contributed by atoms with Crippen LogP contribution in [0, 0.1) is 17.8 Å². The van der Waals surface area contributed by atoms with E-state index in [9.17, 15) is 24.3 Å². The van der Waals surface area contributed by atoms with Crippen LogP contribution in [-0.4, -0.2) is 35.6 Å². The van der Waals surface area contributed by atoms with Gasteiger partial charge in [0.2, 0.25) is 11.8 Å². The number of phenolic OH excluding ortho intramolecular Hbond substituents is 1. The van der Waals surface area contributed by atoms with Gasteiger partial charge in [0.1, 0.15) is 11.5 Å². The number of fused-ring (bicyclic) bond motifs is 3. The third kappa shape index (κ3) is 3.71. The number of phenols is 1. The molecule has 2 aromatic carbocycles.